The lowest BCUT2D eigenvalue weighted by Gasteiger charge is -2.07. The van der Waals surface area contributed by atoms with Gasteiger partial charge in [-0.2, -0.15) is 0 Å². The summed E-state index contributed by atoms with van der Waals surface area (Å²) in [6, 6.07) is 8.11. The van der Waals surface area contributed by atoms with Gasteiger partial charge in [0.2, 0.25) is 16.6 Å². The fraction of sp³-hybridized carbons (Fsp3) is 0.357. The number of fused-ring (bicyclic) bond motifs is 1. The molecule has 2 rings (SSSR count). The molecule has 1 aromatic carbocycles. The Balaban J connectivity index is 2.02. The predicted molar refractivity (Wildman–Crippen MR) is 80.4 cm³/mol. The van der Waals surface area contributed by atoms with E-state index in [1.807, 2.05) is 12.1 Å². The Morgan fingerprint density at radius 3 is 2.45 bits per heavy atom. The molecule has 0 heterocycles. The van der Waals surface area contributed by atoms with Crippen molar-refractivity contribution < 1.29 is 14.4 Å². The lowest BCUT2D eigenvalue weighted by Crippen LogP contribution is -2.25. The van der Waals surface area contributed by atoms with Gasteiger partial charge >= 0.3 is 0 Å². The summed E-state index contributed by atoms with van der Waals surface area (Å²) < 4.78 is 0. The number of halogens is 1. The molecule has 0 aliphatic heterocycles. The van der Waals surface area contributed by atoms with Crippen LogP contribution in [0.15, 0.2) is 29.4 Å². The third kappa shape index (κ3) is 3.41. The second-order valence-electron chi connectivity index (χ2n) is 4.38. The Bertz CT molecular complexity index is 534. The van der Waals surface area contributed by atoms with Gasteiger partial charge in [0.05, 0.1) is 5.88 Å². The number of Topliss-reactive ketones (excluding diaryl/α,β-unsaturated/α-hetero) is 1. The quantitative estimate of drug-likeness (QED) is 0.362. The van der Waals surface area contributed by atoms with E-state index in [9.17, 15) is 9.59 Å². The van der Waals surface area contributed by atoms with Crippen LogP contribution in [0.1, 0.15) is 11.1 Å². The van der Waals surface area contributed by atoms with E-state index in [2.05, 4.69) is 22.1 Å². The molecule has 0 radical (unpaired) electrons. The van der Waals surface area contributed by atoms with Gasteiger partial charge in [-0.15, -0.1) is 11.6 Å². The minimum absolute atomic E-state index is 0.130. The summed E-state index contributed by atoms with van der Waals surface area (Å²) in [6.45, 7) is 0. The zero-order valence-electron chi connectivity index (χ0n) is 11.0. The molecule has 0 saturated heterocycles. The number of oxime groups is 1. The van der Waals surface area contributed by atoms with Crippen molar-refractivity contribution >= 4 is 40.0 Å². The van der Waals surface area contributed by atoms with Crippen LogP contribution >= 0.6 is 23.4 Å². The fourth-order valence-electron chi connectivity index (χ4n) is 2.17. The zero-order chi connectivity index (χ0) is 14.5. The first kappa shape index (κ1) is 15.1. The summed E-state index contributed by atoms with van der Waals surface area (Å²) in [5.41, 5.74) is 2.29. The Morgan fingerprint density at radius 1 is 1.35 bits per heavy atom. The molecule has 1 aliphatic rings. The molecule has 20 heavy (non-hydrogen) atoms. The van der Waals surface area contributed by atoms with E-state index in [4.69, 9.17) is 11.6 Å². The third-order valence-electron chi connectivity index (χ3n) is 3.05. The highest BCUT2D eigenvalue weighted by molar-refractivity contribution is 8.16. The first-order chi connectivity index (χ1) is 9.65. The second kappa shape index (κ2) is 6.90. The molecule has 0 amide bonds. The largest absolute Gasteiger partial charge is 0.398 e. The summed E-state index contributed by atoms with van der Waals surface area (Å²) in [4.78, 5) is 28.2. The van der Waals surface area contributed by atoms with Crippen molar-refractivity contribution in [2.75, 3.05) is 13.0 Å². The minimum Gasteiger partial charge on any atom is -0.398 e. The number of hydrogen-bond donors (Lipinski definition) is 0. The topological polar surface area (TPSA) is 55.7 Å². The normalized spacial score (nSPS) is 15.0. The van der Waals surface area contributed by atoms with Crippen LogP contribution in [0, 0.1) is 0 Å². The van der Waals surface area contributed by atoms with Crippen molar-refractivity contribution in [2.45, 2.75) is 18.1 Å². The Hall–Kier alpha value is -1.33. The van der Waals surface area contributed by atoms with Crippen LogP contribution in [0.4, 0.5) is 0 Å². The van der Waals surface area contributed by atoms with Crippen LogP contribution in [0.5, 0.6) is 0 Å². The van der Waals surface area contributed by atoms with E-state index in [-0.39, 0.29) is 22.0 Å². The number of benzene rings is 1. The van der Waals surface area contributed by atoms with E-state index >= 15 is 0 Å². The Labute approximate surface area is 126 Å². The summed E-state index contributed by atoms with van der Waals surface area (Å²) in [6.07, 6.45) is 1.64. The maximum Gasteiger partial charge on any atom is 0.245 e. The van der Waals surface area contributed by atoms with Crippen LogP contribution in [0.3, 0.4) is 0 Å². The molecule has 0 spiro atoms. The standard InChI is InChI=1S/C14H14ClNO3S/c1-19-16-13(12(17)8-15)14(18)20-11-6-9-4-2-3-5-10(9)7-11/h2-5,11H,6-8H2,1H3/b16-13-. The number of rotatable bonds is 5. The molecular formula is C14H14ClNO3S. The molecule has 0 fully saturated rings. The van der Waals surface area contributed by atoms with Crippen LogP contribution in [-0.2, 0) is 27.3 Å². The summed E-state index contributed by atoms with van der Waals surface area (Å²) >= 11 is 6.60. The molecule has 0 saturated carbocycles. The van der Waals surface area contributed by atoms with E-state index in [0.717, 1.165) is 24.6 Å². The summed E-state index contributed by atoms with van der Waals surface area (Å²) in [7, 11) is 1.30. The van der Waals surface area contributed by atoms with Crippen molar-refractivity contribution in [3.05, 3.63) is 35.4 Å². The van der Waals surface area contributed by atoms with Crippen molar-refractivity contribution in [1.82, 2.24) is 0 Å². The Morgan fingerprint density at radius 2 is 1.95 bits per heavy atom. The molecule has 0 bridgehead atoms. The third-order valence-corrected chi connectivity index (χ3v) is 4.37. The molecule has 4 nitrogen and oxygen atoms in total. The van der Waals surface area contributed by atoms with Crippen molar-refractivity contribution in [1.29, 1.82) is 0 Å². The lowest BCUT2D eigenvalue weighted by atomic mass is 10.1. The number of carbonyl (C=O) groups excluding carboxylic acids is 2. The first-order valence-electron chi connectivity index (χ1n) is 6.13. The maximum absolute atomic E-state index is 12.1. The number of thioether (sulfide) groups is 1. The second-order valence-corrected chi connectivity index (χ2v) is 5.92. The van der Waals surface area contributed by atoms with E-state index < -0.39 is 5.78 Å². The molecule has 0 aromatic heterocycles. The van der Waals surface area contributed by atoms with Gasteiger partial charge in [0.1, 0.15) is 7.11 Å². The number of nitrogens with zero attached hydrogens (tertiary/aromatic N) is 1. The SMILES string of the molecule is CO/N=C(/C(=O)CCl)C(=O)SC1Cc2ccccc2C1. The van der Waals surface area contributed by atoms with Gasteiger partial charge in [-0.25, -0.2) is 0 Å². The highest BCUT2D eigenvalue weighted by Gasteiger charge is 2.28. The molecule has 0 atom stereocenters. The van der Waals surface area contributed by atoms with E-state index in [0.29, 0.717) is 0 Å². The smallest absolute Gasteiger partial charge is 0.245 e. The van der Waals surface area contributed by atoms with Crippen LogP contribution in [0.2, 0.25) is 0 Å². The van der Waals surface area contributed by atoms with Gasteiger partial charge in [0, 0.05) is 5.25 Å². The average molecular weight is 312 g/mol. The van der Waals surface area contributed by atoms with Crippen LogP contribution in [-0.4, -0.2) is 34.8 Å². The van der Waals surface area contributed by atoms with Crippen molar-refractivity contribution in [2.24, 2.45) is 5.16 Å². The van der Waals surface area contributed by atoms with Gasteiger partial charge in [0.25, 0.3) is 0 Å². The van der Waals surface area contributed by atoms with Gasteiger partial charge in [-0.05, 0) is 24.0 Å². The van der Waals surface area contributed by atoms with Gasteiger partial charge in [-0.3, -0.25) is 9.59 Å². The van der Waals surface area contributed by atoms with E-state index in [1.165, 1.54) is 18.2 Å². The van der Waals surface area contributed by atoms with Crippen molar-refractivity contribution in [3.8, 4) is 0 Å². The van der Waals surface area contributed by atoms with Crippen LogP contribution < -0.4 is 0 Å². The van der Waals surface area contributed by atoms with Crippen molar-refractivity contribution in [3.63, 3.8) is 0 Å². The molecule has 6 heteroatoms. The van der Waals surface area contributed by atoms with Gasteiger partial charge in [-0.1, -0.05) is 41.2 Å². The predicted octanol–water partition coefficient (Wildman–Crippen LogP) is 2.22. The number of alkyl halides is 1. The first-order valence-corrected chi connectivity index (χ1v) is 7.55. The molecule has 106 valence electrons. The Kier molecular flexibility index (Phi) is 5.20. The number of carbonyl (C=O) groups is 2. The van der Waals surface area contributed by atoms with Gasteiger partial charge < -0.3 is 4.84 Å². The molecule has 1 aromatic rings. The van der Waals surface area contributed by atoms with Crippen LogP contribution in [0.25, 0.3) is 0 Å². The monoisotopic (exact) mass is 311 g/mol. The summed E-state index contributed by atoms with van der Waals surface area (Å²) in [5.74, 6) is -0.791. The average Bonchev–Trinajstić information content (AvgIpc) is 2.85. The number of hydrogen-bond acceptors (Lipinski definition) is 5. The van der Waals surface area contributed by atoms with E-state index in [1.54, 1.807) is 0 Å². The maximum atomic E-state index is 12.1. The summed E-state index contributed by atoms with van der Waals surface area (Å²) in [5, 5.41) is 3.25. The minimum atomic E-state index is -0.512. The number of ketones is 1. The molecule has 1 aliphatic carbocycles. The molecule has 0 N–H and O–H groups in total. The highest BCUT2D eigenvalue weighted by Crippen LogP contribution is 2.30. The lowest BCUT2D eigenvalue weighted by molar-refractivity contribution is -0.112. The fourth-order valence-corrected chi connectivity index (χ4v) is 3.38. The molecular weight excluding hydrogens is 298 g/mol. The highest BCUT2D eigenvalue weighted by atomic mass is 35.5. The van der Waals surface area contributed by atoms with Gasteiger partial charge in [0.15, 0.2) is 0 Å². The zero-order valence-corrected chi connectivity index (χ0v) is 12.5. The molecule has 0 unspecified atom stereocenters.